The van der Waals surface area contributed by atoms with Crippen molar-refractivity contribution in [3.8, 4) is 17.1 Å². The van der Waals surface area contributed by atoms with Crippen molar-refractivity contribution in [3.63, 3.8) is 0 Å². The smallest absolute Gasteiger partial charge is 0.237 e. The van der Waals surface area contributed by atoms with Crippen LogP contribution < -0.4 is 4.74 Å². The molecule has 1 aromatic carbocycles. The first-order chi connectivity index (χ1) is 12.1. The highest BCUT2D eigenvalue weighted by Gasteiger charge is 2.14. The summed E-state index contributed by atoms with van der Waals surface area (Å²) in [6, 6.07) is 7.75. The van der Waals surface area contributed by atoms with Gasteiger partial charge in [0.2, 0.25) is 5.89 Å². The minimum Gasteiger partial charge on any atom is -0.497 e. The summed E-state index contributed by atoms with van der Waals surface area (Å²) < 4.78 is 12.4. The minimum atomic E-state index is 0.504. The number of nitrogens with zero attached hydrogens (tertiary/aromatic N) is 5. The van der Waals surface area contributed by atoms with E-state index in [0.717, 1.165) is 34.5 Å². The number of thioether (sulfide) groups is 1. The fourth-order valence-electron chi connectivity index (χ4n) is 2.36. The first kappa shape index (κ1) is 17.5. The van der Waals surface area contributed by atoms with Gasteiger partial charge < -0.3 is 13.8 Å². The van der Waals surface area contributed by atoms with Crippen LogP contribution in [-0.4, -0.2) is 32.0 Å². The molecular formula is C17H21N5O2S. The highest BCUT2D eigenvalue weighted by molar-refractivity contribution is 7.98. The van der Waals surface area contributed by atoms with Crippen LogP contribution in [0.15, 0.2) is 33.9 Å². The lowest BCUT2D eigenvalue weighted by Gasteiger charge is -2.04. The molecule has 3 rings (SSSR count). The molecule has 0 fully saturated rings. The Morgan fingerprint density at radius 3 is 2.64 bits per heavy atom. The zero-order valence-electron chi connectivity index (χ0n) is 14.8. The van der Waals surface area contributed by atoms with Crippen LogP contribution in [0.25, 0.3) is 11.4 Å². The number of methoxy groups -OCH3 is 1. The van der Waals surface area contributed by atoms with Crippen LogP contribution in [0.2, 0.25) is 0 Å². The molecule has 8 heteroatoms. The standard InChI is InChI=1S/C17H21N5O2S/c1-11(2)9-14-18-15(24-21-14)10-25-17-20-19-16(22(17)3)12-5-7-13(23-4)8-6-12/h5-8,11H,9-10H2,1-4H3. The Morgan fingerprint density at radius 1 is 1.20 bits per heavy atom. The molecule has 0 aliphatic heterocycles. The van der Waals surface area contributed by atoms with Gasteiger partial charge in [0.05, 0.1) is 12.9 Å². The quantitative estimate of drug-likeness (QED) is 0.598. The molecule has 0 unspecified atom stereocenters. The molecule has 2 heterocycles. The lowest BCUT2D eigenvalue weighted by Crippen LogP contribution is -1.97. The van der Waals surface area contributed by atoms with Crippen LogP contribution in [-0.2, 0) is 19.2 Å². The van der Waals surface area contributed by atoms with E-state index >= 15 is 0 Å². The van der Waals surface area contributed by atoms with E-state index in [1.165, 1.54) is 11.8 Å². The van der Waals surface area contributed by atoms with Gasteiger partial charge in [-0.15, -0.1) is 10.2 Å². The topological polar surface area (TPSA) is 78.9 Å². The molecule has 0 radical (unpaired) electrons. The third-order valence-electron chi connectivity index (χ3n) is 3.61. The van der Waals surface area contributed by atoms with Crippen molar-refractivity contribution >= 4 is 11.8 Å². The minimum absolute atomic E-state index is 0.504. The summed E-state index contributed by atoms with van der Waals surface area (Å²) in [5.41, 5.74) is 0.986. The Morgan fingerprint density at radius 2 is 1.96 bits per heavy atom. The number of ether oxygens (including phenoxy) is 1. The highest BCUT2D eigenvalue weighted by Crippen LogP contribution is 2.26. The van der Waals surface area contributed by atoms with Gasteiger partial charge in [0.25, 0.3) is 0 Å². The molecule has 0 bridgehead atoms. The number of hydrogen-bond acceptors (Lipinski definition) is 7. The molecular weight excluding hydrogens is 338 g/mol. The van der Waals surface area contributed by atoms with E-state index in [0.29, 0.717) is 17.6 Å². The maximum Gasteiger partial charge on any atom is 0.237 e. The molecule has 0 aliphatic rings. The Labute approximate surface area is 150 Å². The largest absolute Gasteiger partial charge is 0.497 e. The van der Waals surface area contributed by atoms with Crippen molar-refractivity contribution in [3.05, 3.63) is 36.0 Å². The predicted molar refractivity (Wildman–Crippen MR) is 95.4 cm³/mol. The summed E-state index contributed by atoms with van der Waals surface area (Å²) in [7, 11) is 3.59. The van der Waals surface area contributed by atoms with Gasteiger partial charge in [0.1, 0.15) is 5.75 Å². The average Bonchev–Trinajstić information content (AvgIpc) is 3.19. The summed E-state index contributed by atoms with van der Waals surface area (Å²) in [5.74, 6) is 4.05. The van der Waals surface area contributed by atoms with E-state index in [2.05, 4.69) is 34.2 Å². The molecule has 0 aliphatic carbocycles. The number of rotatable bonds is 7. The third kappa shape index (κ3) is 4.19. The molecule has 0 saturated heterocycles. The van der Waals surface area contributed by atoms with Gasteiger partial charge in [-0.05, 0) is 30.2 Å². The molecule has 0 spiro atoms. The zero-order valence-corrected chi connectivity index (χ0v) is 15.6. The van der Waals surface area contributed by atoms with Crippen LogP contribution in [0.3, 0.4) is 0 Å². The second-order valence-corrected chi connectivity index (χ2v) is 7.03. The van der Waals surface area contributed by atoms with Gasteiger partial charge in [-0.3, -0.25) is 0 Å². The van der Waals surface area contributed by atoms with Crippen LogP contribution in [0, 0.1) is 5.92 Å². The van der Waals surface area contributed by atoms with E-state index in [4.69, 9.17) is 9.26 Å². The normalized spacial score (nSPS) is 11.2. The summed E-state index contributed by atoms with van der Waals surface area (Å²) in [4.78, 5) is 4.41. The maximum absolute atomic E-state index is 5.29. The Bertz CT molecular complexity index is 826. The van der Waals surface area contributed by atoms with Crippen molar-refractivity contribution in [2.75, 3.05) is 7.11 Å². The Kier molecular flexibility index (Phi) is 5.37. The third-order valence-corrected chi connectivity index (χ3v) is 4.61. The van der Waals surface area contributed by atoms with Gasteiger partial charge in [-0.25, -0.2) is 0 Å². The van der Waals surface area contributed by atoms with Gasteiger partial charge in [0.15, 0.2) is 16.8 Å². The van der Waals surface area contributed by atoms with Crippen molar-refractivity contribution < 1.29 is 9.26 Å². The molecule has 0 saturated carbocycles. The van der Waals surface area contributed by atoms with Crippen LogP contribution in [0.4, 0.5) is 0 Å². The molecule has 0 atom stereocenters. The lowest BCUT2D eigenvalue weighted by atomic mass is 10.1. The number of hydrogen-bond donors (Lipinski definition) is 0. The van der Waals surface area contributed by atoms with Crippen molar-refractivity contribution in [2.24, 2.45) is 13.0 Å². The highest BCUT2D eigenvalue weighted by atomic mass is 32.2. The predicted octanol–water partition coefficient (Wildman–Crippen LogP) is 3.36. The summed E-state index contributed by atoms with van der Waals surface area (Å²) in [6.45, 7) is 4.26. The van der Waals surface area contributed by atoms with E-state index < -0.39 is 0 Å². The first-order valence-electron chi connectivity index (χ1n) is 8.05. The number of aromatic nitrogens is 5. The van der Waals surface area contributed by atoms with E-state index in [-0.39, 0.29) is 0 Å². The Hall–Kier alpha value is -2.35. The summed E-state index contributed by atoms with van der Waals surface area (Å²) >= 11 is 1.52. The molecule has 3 aromatic rings. The van der Waals surface area contributed by atoms with Gasteiger partial charge >= 0.3 is 0 Å². The fourth-order valence-corrected chi connectivity index (χ4v) is 3.10. The second kappa shape index (κ2) is 7.69. The fraction of sp³-hybridized carbons (Fsp3) is 0.412. The maximum atomic E-state index is 5.29. The van der Waals surface area contributed by atoms with E-state index in [9.17, 15) is 0 Å². The van der Waals surface area contributed by atoms with Crippen LogP contribution in [0.1, 0.15) is 25.6 Å². The first-order valence-corrected chi connectivity index (χ1v) is 9.03. The monoisotopic (exact) mass is 359 g/mol. The van der Waals surface area contributed by atoms with E-state index in [1.54, 1.807) is 7.11 Å². The molecule has 132 valence electrons. The second-order valence-electron chi connectivity index (χ2n) is 6.08. The lowest BCUT2D eigenvalue weighted by molar-refractivity contribution is 0.382. The number of benzene rings is 1. The zero-order chi connectivity index (χ0) is 17.8. The van der Waals surface area contributed by atoms with Crippen molar-refractivity contribution in [1.29, 1.82) is 0 Å². The van der Waals surface area contributed by atoms with Gasteiger partial charge in [-0.2, -0.15) is 4.98 Å². The molecule has 0 N–H and O–H groups in total. The van der Waals surface area contributed by atoms with Crippen LogP contribution >= 0.6 is 11.8 Å². The van der Waals surface area contributed by atoms with E-state index in [1.807, 2.05) is 35.9 Å². The van der Waals surface area contributed by atoms with Crippen LogP contribution in [0.5, 0.6) is 5.75 Å². The molecule has 25 heavy (non-hydrogen) atoms. The van der Waals surface area contributed by atoms with Gasteiger partial charge in [0, 0.05) is 19.0 Å². The van der Waals surface area contributed by atoms with Crippen molar-refractivity contribution in [1.82, 2.24) is 24.9 Å². The summed E-state index contributed by atoms with van der Waals surface area (Å²) in [6.07, 6.45) is 0.819. The molecule has 7 nitrogen and oxygen atoms in total. The average molecular weight is 359 g/mol. The SMILES string of the molecule is COc1ccc(-c2nnc(SCc3nc(CC(C)C)no3)n2C)cc1. The molecule has 0 amide bonds. The van der Waals surface area contributed by atoms with Gasteiger partial charge in [-0.1, -0.05) is 30.8 Å². The Balaban J connectivity index is 1.67. The molecule has 2 aromatic heterocycles. The van der Waals surface area contributed by atoms with Crippen molar-refractivity contribution in [2.45, 2.75) is 31.2 Å². The summed E-state index contributed by atoms with van der Waals surface area (Å²) in [5, 5.41) is 13.3.